The summed E-state index contributed by atoms with van der Waals surface area (Å²) in [4.78, 5) is 11.5. The van der Waals surface area contributed by atoms with Gasteiger partial charge in [-0.3, -0.25) is 4.79 Å². The summed E-state index contributed by atoms with van der Waals surface area (Å²) in [6, 6.07) is 8.61. The standard InChI is InChI=1S/C20H16F4N2O4S2/c21-14-6-5-11(9-13(14)20(22,23)24)32(28,29)26-7-8-30-15(10-26)17-12-3-1-2-4-16(12)31-18(17)19(25)27/h1-6,9,15H,7-8,10H2,(H2,25,27). The molecular formula is C20H16F4N2O4S2. The van der Waals surface area contributed by atoms with Crippen molar-refractivity contribution in [1.29, 1.82) is 0 Å². The number of carbonyl (C=O) groups excluding carboxylic acids is 1. The Labute approximate surface area is 184 Å². The Hall–Kier alpha value is -2.54. The molecule has 1 aliphatic heterocycles. The van der Waals surface area contributed by atoms with Gasteiger partial charge in [-0.2, -0.15) is 17.5 Å². The molecule has 1 aromatic heterocycles. The van der Waals surface area contributed by atoms with Crippen LogP contribution in [0, 0.1) is 5.82 Å². The first kappa shape index (κ1) is 22.6. The minimum atomic E-state index is -5.05. The number of alkyl halides is 3. The van der Waals surface area contributed by atoms with Gasteiger partial charge in [0.1, 0.15) is 5.82 Å². The van der Waals surface area contributed by atoms with E-state index in [0.717, 1.165) is 26.4 Å². The van der Waals surface area contributed by atoms with Crippen LogP contribution in [-0.2, 0) is 20.9 Å². The lowest BCUT2D eigenvalue weighted by atomic mass is 10.0. The van der Waals surface area contributed by atoms with Crippen LogP contribution in [0.2, 0.25) is 0 Å². The quantitative estimate of drug-likeness (QED) is 0.564. The molecule has 0 bridgehead atoms. The zero-order chi connectivity index (χ0) is 23.3. The Morgan fingerprint density at radius 1 is 1.19 bits per heavy atom. The normalized spacial score (nSPS) is 18.2. The molecule has 0 radical (unpaired) electrons. The first-order valence-electron chi connectivity index (χ1n) is 9.30. The van der Waals surface area contributed by atoms with E-state index in [1.807, 2.05) is 0 Å². The van der Waals surface area contributed by atoms with Gasteiger partial charge < -0.3 is 10.5 Å². The second-order valence-electron chi connectivity index (χ2n) is 7.07. The number of morpholine rings is 1. The predicted molar refractivity (Wildman–Crippen MR) is 109 cm³/mol. The van der Waals surface area contributed by atoms with E-state index in [2.05, 4.69) is 0 Å². The fourth-order valence-electron chi connectivity index (χ4n) is 3.62. The highest BCUT2D eigenvalue weighted by Crippen LogP contribution is 2.39. The lowest BCUT2D eigenvalue weighted by molar-refractivity contribution is -0.140. The van der Waals surface area contributed by atoms with E-state index in [4.69, 9.17) is 10.5 Å². The highest BCUT2D eigenvalue weighted by atomic mass is 32.2. The van der Waals surface area contributed by atoms with Gasteiger partial charge in [0.05, 0.1) is 28.0 Å². The highest BCUT2D eigenvalue weighted by molar-refractivity contribution is 7.89. The van der Waals surface area contributed by atoms with E-state index in [1.54, 1.807) is 24.3 Å². The molecule has 2 N–H and O–H groups in total. The average molecular weight is 488 g/mol. The third kappa shape index (κ3) is 3.98. The number of fused-ring (bicyclic) bond motifs is 1. The van der Waals surface area contributed by atoms with Crippen LogP contribution >= 0.6 is 11.3 Å². The van der Waals surface area contributed by atoms with Crippen molar-refractivity contribution in [2.75, 3.05) is 19.7 Å². The molecule has 1 fully saturated rings. The summed E-state index contributed by atoms with van der Waals surface area (Å²) < 4.78 is 86.4. The Bertz CT molecular complexity index is 1300. The van der Waals surface area contributed by atoms with Crippen LogP contribution < -0.4 is 5.73 Å². The third-order valence-corrected chi connectivity index (χ3v) is 8.15. The molecule has 1 saturated heterocycles. The van der Waals surface area contributed by atoms with Gasteiger partial charge in [0.2, 0.25) is 10.0 Å². The molecule has 1 amide bonds. The Kier molecular flexibility index (Phi) is 5.74. The number of hydrogen-bond acceptors (Lipinski definition) is 5. The van der Waals surface area contributed by atoms with Crippen molar-refractivity contribution in [3.05, 3.63) is 64.3 Å². The van der Waals surface area contributed by atoms with Gasteiger partial charge in [-0.1, -0.05) is 18.2 Å². The number of sulfonamides is 1. The zero-order valence-electron chi connectivity index (χ0n) is 16.2. The molecule has 0 aliphatic carbocycles. The van der Waals surface area contributed by atoms with Gasteiger partial charge in [0.25, 0.3) is 5.91 Å². The van der Waals surface area contributed by atoms with Crippen molar-refractivity contribution in [3.63, 3.8) is 0 Å². The van der Waals surface area contributed by atoms with Gasteiger partial charge in [-0.05, 0) is 29.7 Å². The number of nitrogens with zero attached hydrogens (tertiary/aromatic N) is 1. The fraction of sp³-hybridized carbons (Fsp3) is 0.250. The second kappa shape index (κ2) is 8.10. The molecule has 3 aromatic rings. The van der Waals surface area contributed by atoms with Crippen molar-refractivity contribution in [2.24, 2.45) is 5.73 Å². The summed E-state index contributed by atoms with van der Waals surface area (Å²) in [5.74, 6) is -2.26. The average Bonchev–Trinajstić information content (AvgIpc) is 3.13. The number of thiophene rings is 1. The molecular weight excluding hydrogens is 472 g/mol. The van der Waals surface area contributed by atoms with E-state index in [-0.39, 0.29) is 30.6 Å². The molecule has 1 aliphatic rings. The van der Waals surface area contributed by atoms with Crippen molar-refractivity contribution < 1.29 is 35.5 Å². The van der Waals surface area contributed by atoms with Crippen LogP contribution in [0.3, 0.4) is 0 Å². The molecule has 170 valence electrons. The second-order valence-corrected chi connectivity index (χ2v) is 10.1. The number of amides is 1. The summed E-state index contributed by atoms with van der Waals surface area (Å²) in [6.07, 6.45) is -5.91. The smallest absolute Gasteiger partial charge is 0.371 e. The Morgan fingerprint density at radius 3 is 2.59 bits per heavy atom. The topological polar surface area (TPSA) is 89.7 Å². The van der Waals surface area contributed by atoms with E-state index in [0.29, 0.717) is 17.0 Å². The van der Waals surface area contributed by atoms with Crippen molar-refractivity contribution in [2.45, 2.75) is 17.2 Å². The molecule has 0 spiro atoms. The van der Waals surface area contributed by atoms with Crippen molar-refractivity contribution >= 4 is 37.4 Å². The number of rotatable bonds is 4. The summed E-state index contributed by atoms with van der Waals surface area (Å²) in [6.45, 7) is -0.423. The number of hydrogen-bond donors (Lipinski definition) is 1. The molecule has 2 aromatic carbocycles. The third-order valence-electron chi connectivity index (χ3n) is 5.09. The minimum Gasteiger partial charge on any atom is -0.371 e. The van der Waals surface area contributed by atoms with Crippen LogP contribution in [0.1, 0.15) is 26.9 Å². The number of benzene rings is 2. The molecule has 1 atom stereocenters. The Balaban J connectivity index is 1.72. The van der Waals surface area contributed by atoms with Gasteiger partial charge in [-0.15, -0.1) is 11.3 Å². The summed E-state index contributed by atoms with van der Waals surface area (Å²) >= 11 is 1.15. The van der Waals surface area contributed by atoms with Crippen LogP contribution in [0.5, 0.6) is 0 Å². The molecule has 4 rings (SSSR count). The van der Waals surface area contributed by atoms with E-state index < -0.39 is 44.5 Å². The summed E-state index contributed by atoms with van der Waals surface area (Å²) in [5, 5.41) is 0.677. The number of nitrogens with two attached hydrogens (primary N) is 1. The van der Waals surface area contributed by atoms with E-state index >= 15 is 0 Å². The van der Waals surface area contributed by atoms with Gasteiger partial charge in [0, 0.05) is 23.4 Å². The van der Waals surface area contributed by atoms with Crippen LogP contribution in [-0.4, -0.2) is 38.3 Å². The molecule has 1 unspecified atom stereocenters. The monoisotopic (exact) mass is 488 g/mol. The maximum Gasteiger partial charge on any atom is 0.419 e. The molecule has 32 heavy (non-hydrogen) atoms. The summed E-state index contributed by atoms with van der Waals surface area (Å²) in [5.41, 5.74) is 4.28. The molecule has 12 heteroatoms. The SMILES string of the molecule is NC(=O)c1sc2ccccc2c1C1CN(S(=O)(=O)c2ccc(F)c(C(F)(F)F)c2)CCO1. The van der Waals surface area contributed by atoms with Gasteiger partial charge >= 0.3 is 6.18 Å². The van der Waals surface area contributed by atoms with Crippen molar-refractivity contribution in [3.8, 4) is 0 Å². The molecule has 6 nitrogen and oxygen atoms in total. The maximum absolute atomic E-state index is 13.6. The van der Waals surface area contributed by atoms with E-state index in [1.165, 1.54) is 0 Å². The number of ether oxygens (including phenoxy) is 1. The summed E-state index contributed by atoms with van der Waals surface area (Å²) in [7, 11) is -4.40. The van der Waals surface area contributed by atoms with Crippen LogP contribution in [0.4, 0.5) is 17.6 Å². The lowest BCUT2D eigenvalue weighted by Crippen LogP contribution is -2.42. The maximum atomic E-state index is 13.6. The number of halogens is 4. The fourth-order valence-corrected chi connectivity index (χ4v) is 6.18. The molecule has 0 saturated carbocycles. The van der Waals surface area contributed by atoms with Crippen molar-refractivity contribution in [1.82, 2.24) is 4.31 Å². The largest absolute Gasteiger partial charge is 0.419 e. The zero-order valence-corrected chi connectivity index (χ0v) is 17.9. The van der Waals surface area contributed by atoms with Gasteiger partial charge in [0.15, 0.2) is 0 Å². The lowest BCUT2D eigenvalue weighted by Gasteiger charge is -2.32. The highest BCUT2D eigenvalue weighted by Gasteiger charge is 2.38. The predicted octanol–water partition coefficient (Wildman–Crippen LogP) is 3.92. The van der Waals surface area contributed by atoms with E-state index in [9.17, 15) is 30.8 Å². The number of primary amides is 1. The minimum absolute atomic E-state index is 0.0560. The van der Waals surface area contributed by atoms with Crippen LogP contribution in [0.25, 0.3) is 10.1 Å². The number of carbonyl (C=O) groups is 1. The van der Waals surface area contributed by atoms with Gasteiger partial charge in [-0.25, -0.2) is 12.8 Å². The van der Waals surface area contributed by atoms with Crippen LogP contribution in [0.15, 0.2) is 47.4 Å². The first-order valence-corrected chi connectivity index (χ1v) is 11.6. The first-order chi connectivity index (χ1) is 15.0. The Morgan fingerprint density at radius 2 is 1.91 bits per heavy atom. The molecule has 2 heterocycles.